The fourth-order valence-corrected chi connectivity index (χ4v) is 3.79. The molecule has 1 aliphatic rings. The third-order valence-electron chi connectivity index (χ3n) is 5.25. The molecule has 166 valence electrons. The molecule has 1 atom stereocenters. The maximum absolute atomic E-state index is 14.1. The highest BCUT2D eigenvalue weighted by Gasteiger charge is 2.32. The third kappa shape index (κ3) is 3.75. The Labute approximate surface area is 185 Å². The van der Waals surface area contributed by atoms with Gasteiger partial charge in [-0.25, -0.2) is 18.1 Å². The van der Waals surface area contributed by atoms with E-state index in [9.17, 15) is 18.4 Å². The molecule has 0 fully saturated rings. The number of pyridine rings is 1. The van der Waals surface area contributed by atoms with E-state index in [1.54, 1.807) is 36.4 Å². The highest BCUT2D eigenvalue weighted by Crippen LogP contribution is 2.34. The number of cyclic esters (lactones) is 1. The van der Waals surface area contributed by atoms with Gasteiger partial charge in [-0.05, 0) is 24.3 Å². The Morgan fingerprint density at radius 2 is 2.00 bits per heavy atom. The van der Waals surface area contributed by atoms with E-state index in [4.69, 9.17) is 9.47 Å². The molecule has 10 heteroatoms. The molecule has 0 saturated carbocycles. The summed E-state index contributed by atoms with van der Waals surface area (Å²) in [5.41, 5.74) is 2.15. The van der Waals surface area contributed by atoms with Gasteiger partial charge in [-0.2, -0.15) is 4.98 Å². The van der Waals surface area contributed by atoms with Crippen LogP contribution in [0.1, 0.15) is 28.4 Å². The Morgan fingerprint density at radius 3 is 2.82 bits per heavy atom. The summed E-state index contributed by atoms with van der Waals surface area (Å²) in [5.74, 6) is -2.54. The predicted octanol–water partition coefficient (Wildman–Crippen LogP) is 3.92. The van der Waals surface area contributed by atoms with Gasteiger partial charge in [0, 0.05) is 29.0 Å². The number of rotatable bonds is 5. The van der Waals surface area contributed by atoms with Crippen LogP contribution < -0.4 is 10.1 Å². The number of benzene rings is 2. The molecular weight excluding hydrogens is 434 g/mol. The number of methoxy groups -OCH3 is 1. The van der Waals surface area contributed by atoms with Gasteiger partial charge in [0.2, 0.25) is 11.9 Å². The number of amides is 1. The van der Waals surface area contributed by atoms with E-state index in [1.165, 1.54) is 17.8 Å². The number of hydrogen-bond acceptors (Lipinski definition) is 6. The van der Waals surface area contributed by atoms with E-state index in [0.29, 0.717) is 22.3 Å². The molecule has 1 aliphatic heterocycles. The summed E-state index contributed by atoms with van der Waals surface area (Å²) in [6, 6.07) is 12.0. The molecule has 2 aromatic heterocycles. The van der Waals surface area contributed by atoms with Gasteiger partial charge in [-0.1, -0.05) is 18.2 Å². The smallest absolute Gasteiger partial charge is 0.339 e. The Hall–Kier alpha value is -4.34. The zero-order chi connectivity index (χ0) is 23.1. The summed E-state index contributed by atoms with van der Waals surface area (Å²) in [4.78, 5) is 28.7. The van der Waals surface area contributed by atoms with Gasteiger partial charge in [0.25, 0.3) is 0 Å². The van der Waals surface area contributed by atoms with Gasteiger partial charge in [0.15, 0.2) is 17.2 Å². The van der Waals surface area contributed by atoms with Crippen LogP contribution in [0, 0.1) is 11.6 Å². The van der Waals surface area contributed by atoms with Crippen LogP contribution in [0.25, 0.3) is 16.8 Å². The van der Waals surface area contributed by atoms with E-state index in [-0.39, 0.29) is 23.7 Å². The SMILES string of the molecule is COc1c(F)cc(F)cc1-c1ccc2nc(NC(=O)C[C@@H]3OC(=O)c4ccccc43)nn2c1. The zero-order valence-electron chi connectivity index (χ0n) is 17.2. The van der Waals surface area contributed by atoms with Crippen LogP contribution >= 0.6 is 0 Å². The van der Waals surface area contributed by atoms with Crippen molar-refractivity contribution >= 4 is 23.5 Å². The Morgan fingerprint density at radius 1 is 1.18 bits per heavy atom. The Bertz CT molecular complexity index is 1420. The fraction of sp³-hybridized carbons (Fsp3) is 0.130. The number of nitrogens with zero attached hydrogens (tertiary/aromatic N) is 3. The van der Waals surface area contributed by atoms with Crippen molar-refractivity contribution in [1.29, 1.82) is 0 Å². The minimum absolute atomic E-state index is 0.0344. The molecule has 0 bridgehead atoms. The van der Waals surface area contributed by atoms with Crippen LogP contribution in [-0.4, -0.2) is 33.6 Å². The van der Waals surface area contributed by atoms with E-state index < -0.39 is 29.6 Å². The molecule has 5 rings (SSSR count). The summed E-state index contributed by atoms with van der Waals surface area (Å²) in [7, 11) is 1.29. The van der Waals surface area contributed by atoms with E-state index in [0.717, 1.165) is 12.1 Å². The van der Waals surface area contributed by atoms with Crippen molar-refractivity contribution in [2.24, 2.45) is 0 Å². The van der Waals surface area contributed by atoms with Crippen molar-refractivity contribution in [3.8, 4) is 16.9 Å². The first-order valence-electron chi connectivity index (χ1n) is 9.92. The summed E-state index contributed by atoms with van der Waals surface area (Å²) in [6.07, 6.45) is 0.736. The summed E-state index contributed by atoms with van der Waals surface area (Å²) in [6.45, 7) is 0. The monoisotopic (exact) mass is 450 g/mol. The highest BCUT2D eigenvalue weighted by molar-refractivity contribution is 5.96. The van der Waals surface area contributed by atoms with Crippen LogP contribution in [0.5, 0.6) is 5.75 Å². The average molecular weight is 450 g/mol. The minimum Gasteiger partial charge on any atom is -0.493 e. The van der Waals surface area contributed by atoms with Crippen LogP contribution in [0.4, 0.5) is 14.7 Å². The summed E-state index contributed by atoms with van der Waals surface area (Å²) in [5, 5.41) is 6.80. The molecule has 33 heavy (non-hydrogen) atoms. The number of anilines is 1. The van der Waals surface area contributed by atoms with Gasteiger partial charge in [0.1, 0.15) is 11.9 Å². The number of nitrogens with one attached hydrogen (secondary N) is 1. The second-order valence-electron chi connectivity index (χ2n) is 7.36. The van der Waals surface area contributed by atoms with Gasteiger partial charge < -0.3 is 9.47 Å². The predicted molar refractivity (Wildman–Crippen MR) is 113 cm³/mol. The molecule has 1 N–H and O–H groups in total. The zero-order valence-corrected chi connectivity index (χ0v) is 17.2. The van der Waals surface area contributed by atoms with E-state index in [2.05, 4.69) is 15.4 Å². The van der Waals surface area contributed by atoms with Crippen molar-refractivity contribution < 1.29 is 27.8 Å². The molecule has 0 saturated heterocycles. The molecule has 2 aromatic carbocycles. The van der Waals surface area contributed by atoms with Crippen molar-refractivity contribution in [3.63, 3.8) is 0 Å². The lowest BCUT2D eigenvalue weighted by Gasteiger charge is -2.10. The topological polar surface area (TPSA) is 94.8 Å². The van der Waals surface area contributed by atoms with Crippen molar-refractivity contribution in [1.82, 2.24) is 14.6 Å². The minimum atomic E-state index is -0.826. The van der Waals surface area contributed by atoms with Gasteiger partial charge in [-0.15, -0.1) is 5.10 Å². The number of fused-ring (bicyclic) bond motifs is 2. The number of esters is 1. The molecule has 4 aromatic rings. The first kappa shape index (κ1) is 20.6. The van der Waals surface area contributed by atoms with Crippen LogP contribution in [0.15, 0.2) is 54.7 Å². The molecular formula is C23H16F2N4O4. The largest absolute Gasteiger partial charge is 0.493 e. The number of carbonyl (C=O) groups is 2. The normalized spacial score (nSPS) is 14.8. The summed E-state index contributed by atoms with van der Waals surface area (Å²) >= 11 is 0. The molecule has 0 spiro atoms. The third-order valence-corrected chi connectivity index (χ3v) is 5.25. The van der Waals surface area contributed by atoms with Crippen molar-refractivity contribution in [2.45, 2.75) is 12.5 Å². The van der Waals surface area contributed by atoms with E-state index in [1.807, 2.05) is 0 Å². The number of hydrogen-bond donors (Lipinski definition) is 1. The molecule has 0 unspecified atom stereocenters. The molecule has 8 nitrogen and oxygen atoms in total. The Kier molecular flexibility index (Phi) is 4.97. The Balaban J connectivity index is 1.37. The van der Waals surface area contributed by atoms with Gasteiger partial charge in [0.05, 0.1) is 19.1 Å². The van der Waals surface area contributed by atoms with Crippen molar-refractivity contribution in [2.75, 3.05) is 12.4 Å². The van der Waals surface area contributed by atoms with Crippen LogP contribution in [-0.2, 0) is 9.53 Å². The number of aromatic nitrogens is 3. The lowest BCUT2D eigenvalue weighted by molar-refractivity contribution is -0.118. The lowest BCUT2D eigenvalue weighted by atomic mass is 10.0. The first-order valence-corrected chi connectivity index (χ1v) is 9.92. The van der Waals surface area contributed by atoms with Crippen molar-refractivity contribution in [3.05, 3.63) is 77.5 Å². The maximum atomic E-state index is 14.1. The lowest BCUT2D eigenvalue weighted by Crippen LogP contribution is -2.16. The quantitative estimate of drug-likeness (QED) is 0.463. The number of carbonyl (C=O) groups excluding carboxylic acids is 2. The van der Waals surface area contributed by atoms with Gasteiger partial charge in [-0.3, -0.25) is 10.1 Å². The maximum Gasteiger partial charge on any atom is 0.339 e. The molecule has 0 aliphatic carbocycles. The fourth-order valence-electron chi connectivity index (χ4n) is 3.79. The molecule has 0 radical (unpaired) electrons. The molecule has 1 amide bonds. The van der Waals surface area contributed by atoms with Crippen LogP contribution in [0.2, 0.25) is 0 Å². The molecule has 3 heterocycles. The van der Waals surface area contributed by atoms with Gasteiger partial charge >= 0.3 is 5.97 Å². The first-order chi connectivity index (χ1) is 15.9. The number of ether oxygens (including phenoxy) is 2. The standard InChI is InChI=1S/C23H16F2N4O4/c1-32-21-16(8-13(24)9-17(21)25)12-6-7-19-26-23(28-29(19)11-12)27-20(30)10-18-14-4-2-3-5-15(14)22(31)33-18/h2-9,11,18H,10H2,1H3,(H,27,28,30)/t18-/m0/s1. The van der Waals surface area contributed by atoms with E-state index >= 15 is 0 Å². The summed E-state index contributed by atoms with van der Waals surface area (Å²) < 4.78 is 39.6. The number of halogens is 2. The average Bonchev–Trinajstić information content (AvgIpc) is 3.33. The second kappa shape index (κ2) is 7.97. The second-order valence-corrected chi connectivity index (χ2v) is 7.36. The highest BCUT2D eigenvalue weighted by atomic mass is 19.1. The van der Waals surface area contributed by atoms with Crippen LogP contribution in [0.3, 0.4) is 0 Å².